The maximum Gasteiger partial charge on any atom is 0.0597 e. The molecule has 0 aromatic heterocycles. The monoisotopic (exact) mass is 216 g/mol. The van der Waals surface area contributed by atoms with Gasteiger partial charge in [0, 0.05) is 6.54 Å². The van der Waals surface area contributed by atoms with Gasteiger partial charge in [-0.25, -0.2) is 0 Å². The van der Waals surface area contributed by atoms with E-state index >= 15 is 0 Å². The lowest BCUT2D eigenvalue weighted by molar-refractivity contribution is 0.0454. The highest BCUT2D eigenvalue weighted by Crippen LogP contribution is 1.97. The summed E-state index contributed by atoms with van der Waals surface area (Å²) in [5.74, 6) is 0. The Morgan fingerprint density at radius 1 is 1.20 bits per heavy atom. The minimum Gasteiger partial charge on any atom is -0.377 e. The van der Waals surface area contributed by atoms with Crippen molar-refractivity contribution < 1.29 is 4.74 Å². The first-order valence-electron chi connectivity index (χ1n) is 6.29. The van der Waals surface area contributed by atoms with Crippen molar-refractivity contribution in [3.63, 3.8) is 0 Å². The molecule has 0 aromatic rings. The maximum absolute atomic E-state index is 5.74. The number of hydrogen-bond acceptors (Lipinski definition) is 3. The molecule has 92 valence electrons. The van der Waals surface area contributed by atoms with Crippen LogP contribution in [0.2, 0.25) is 0 Å². The predicted molar refractivity (Wildman–Crippen MR) is 66.4 cm³/mol. The van der Waals surface area contributed by atoms with Gasteiger partial charge in [0.1, 0.15) is 0 Å². The van der Waals surface area contributed by atoms with Gasteiger partial charge < -0.3 is 15.0 Å². The van der Waals surface area contributed by atoms with E-state index in [1.165, 1.54) is 0 Å². The molecule has 1 N–H and O–H groups in total. The van der Waals surface area contributed by atoms with E-state index in [1.807, 2.05) is 0 Å². The highest BCUT2D eigenvalue weighted by molar-refractivity contribution is 4.55. The standard InChI is InChI=1S/C12H28N2O/c1-5-13-9-8-12(4)15-11-10-14(6-2)7-3/h12-13H,5-11H2,1-4H3. The van der Waals surface area contributed by atoms with Crippen molar-refractivity contribution in [3.05, 3.63) is 0 Å². The molecule has 0 saturated carbocycles. The first kappa shape index (κ1) is 14.9. The molecule has 1 unspecified atom stereocenters. The van der Waals surface area contributed by atoms with Crippen LogP contribution < -0.4 is 5.32 Å². The third kappa shape index (κ3) is 8.85. The van der Waals surface area contributed by atoms with Crippen LogP contribution in [0.15, 0.2) is 0 Å². The number of ether oxygens (including phenoxy) is 1. The molecule has 0 bridgehead atoms. The third-order valence-corrected chi connectivity index (χ3v) is 2.68. The van der Waals surface area contributed by atoms with Gasteiger partial charge in [0.05, 0.1) is 12.7 Å². The van der Waals surface area contributed by atoms with Crippen molar-refractivity contribution in [1.29, 1.82) is 0 Å². The lowest BCUT2D eigenvalue weighted by Crippen LogP contribution is -2.29. The van der Waals surface area contributed by atoms with E-state index in [-0.39, 0.29) is 0 Å². The molecule has 15 heavy (non-hydrogen) atoms. The fourth-order valence-corrected chi connectivity index (χ4v) is 1.49. The van der Waals surface area contributed by atoms with Gasteiger partial charge in [-0.3, -0.25) is 0 Å². The minimum absolute atomic E-state index is 0.375. The highest BCUT2D eigenvalue weighted by atomic mass is 16.5. The second-order valence-electron chi connectivity index (χ2n) is 3.85. The summed E-state index contributed by atoms with van der Waals surface area (Å²) in [7, 11) is 0. The van der Waals surface area contributed by atoms with Gasteiger partial charge in [-0.2, -0.15) is 0 Å². The van der Waals surface area contributed by atoms with Crippen LogP contribution in [0.5, 0.6) is 0 Å². The van der Waals surface area contributed by atoms with E-state index in [2.05, 4.69) is 37.9 Å². The van der Waals surface area contributed by atoms with Crippen LogP contribution in [0.25, 0.3) is 0 Å². The molecule has 0 fully saturated rings. The van der Waals surface area contributed by atoms with Crippen LogP contribution in [-0.4, -0.2) is 50.3 Å². The van der Waals surface area contributed by atoms with Gasteiger partial charge >= 0.3 is 0 Å². The van der Waals surface area contributed by atoms with Crippen LogP contribution in [0.3, 0.4) is 0 Å². The Hall–Kier alpha value is -0.120. The van der Waals surface area contributed by atoms with Crippen LogP contribution >= 0.6 is 0 Å². The van der Waals surface area contributed by atoms with Crippen LogP contribution in [-0.2, 0) is 4.74 Å². The van der Waals surface area contributed by atoms with Gasteiger partial charge in [0.2, 0.25) is 0 Å². The number of likely N-dealkylation sites (N-methyl/N-ethyl adjacent to an activating group) is 1. The van der Waals surface area contributed by atoms with Crippen molar-refractivity contribution >= 4 is 0 Å². The largest absolute Gasteiger partial charge is 0.377 e. The first-order valence-corrected chi connectivity index (χ1v) is 6.29. The fraction of sp³-hybridized carbons (Fsp3) is 1.00. The zero-order chi connectivity index (χ0) is 11.5. The molecule has 0 radical (unpaired) electrons. The molecule has 0 aromatic carbocycles. The van der Waals surface area contributed by atoms with Gasteiger partial charge in [-0.15, -0.1) is 0 Å². The van der Waals surface area contributed by atoms with Crippen molar-refractivity contribution in [3.8, 4) is 0 Å². The van der Waals surface area contributed by atoms with E-state index in [1.54, 1.807) is 0 Å². The van der Waals surface area contributed by atoms with Crippen molar-refractivity contribution in [2.75, 3.05) is 39.3 Å². The molecule has 0 amide bonds. The topological polar surface area (TPSA) is 24.5 Å². The molecule has 0 heterocycles. The average Bonchev–Trinajstić information content (AvgIpc) is 2.25. The Balaban J connectivity index is 3.33. The van der Waals surface area contributed by atoms with Crippen LogP contribution in [0, 0.1) is 0 Å². The Morgan fingerprint density at radius 3 is 2.40 bits per heavy atom. The molecule has 1 atom stereocenters. The fourth-order valence-electron chi connectivity index (χ4n) is 1.49. The first-order chi connectivity index (χ1) is 7.24. The molecule has 0 aliphatic rings. The van der Waals surface area contributed by atoms with Crippen molar-refractivity contribution in [2.45, 2.75) is 40.2 Å². The number of nitrogens with one attached hydrogen (secondary N) is 1. The van der Waals surface area contributed by atoms with Gasteiger partial charge in [-0.1, -0.05) is 20.8 Å². The average molecular weight is 216 g/mol. The number of hydrogen-bond donors (Lipinski definition) is 1. The van der Waals surface area contributed by atoms with E-state index in [4.69, 9.17) is 4.74 Å². The van der Waals surface area contributed by atoms with E-state index in [0.717, 1.165) is 45.8 Å². The molecule has 3 nitrogen and oxygen atoms in total. The van der Waals surface area contributed by atoms with Crippen molar-refractivity contribution in [1.82, 2.24) is 10.2 Å². The smallest absolute Gasteiger partial charge is 0.0597 e. The van der Waals surface area contributed by atoms with Gasteiger partial charge in [0.15, 0.2) is 0 Å². The molecule has 3 heteroatoms. The Kier molecular flexibility index (Phi) is 10.3. The Labute approximate surface area is 95.2 Å². The zero-order valence-corrected chi connectivity index (χ0v) is 10.9. The molecular weight excluding hydrogens is 188 g/mol. The van der Waals surface area contributed by atoms with E-state index in [9.17, 15) is 0 Å². The molecule has 0 spiro atoms. The highest BCUT2D eigenvalue weighted by Gasteiger charge is 2.03. The van der Waals surface area contributed by atoms with Crippen molar-refractivity contribution in [2.24, 2.45) is 0 Å². The third-order valence-electron chi connectivity index (χ3n) is 2.68. The summed E-state index contributed by atoms with van der Waals surface area (Å²) < 4.78 is 5.74. The number of rotatable bonds is 10. The van der Waals surface area contributed by atoms with Gasteiger partial charge in [-0.05, 0) is 39.5 Å². The summed E-state index contributed by atoms with van der Waals surface area (Å²) in [5.41, 5.74) is 0. The Morgan fingerprint density at radius 2 is 1.87 bits per heavy atom. The maximum atomic E-state index is 5.74. The zero-order valence-electron chi connectivity index (χ0n) is 10.9. The van der Waals surface area contributed by atoms with E-state index in [0.29, 0.717) is 6.10 Å². The van der Waals surface area contributed by atoms with Crippen LogP contribution in [0.4, 0.5) is 0 Å². The summed E-state index contributed by atoms with van der Waals surface area (Å²) >= 11 is 0. The van der Waals surface area contributed by atoms with E-state index < -0.39 is 0 Å². The minimum atomic E-state index is 0.375. The molecule has 0 saturated heterocycles. The molecule has 0 aliphatic heterocycles. The lowest BCUT2D eigenvalue weighted by Gasteiger charge is -2.19. The summed E-state index contributed by atoms with van der Waals surface area (Å²) in [6.45, 7) is 14.9. The summed E-state index contributed by atoms with van der Waals surface area (Å²) in [6.07, 6.45) is 1.48. The summed E-state index contributed by atoms with van der Waals surface area (Å²) in [5, 5.41) is 3.31. The second-order valence-corrected chi connectivity index (χ2v) is 3.85. The predicted octanol–water partition coefficient (Wildman–Crippen LogP) is 1.73. The molecule has 0 aliphatic carbocycles. The normalized spacial score (nSPS) is 13.4. The quantitative estimate of drug-likeness (QED) is 0.563. The SMILES string of the molecule is CCNCCC(C)OCCN(CC)CC. The summed E-state index contributed by atoms with van der Waals surface area (Å²) in [4.78, 5) is 2.39. The Bertz CT molecular complexity index is 127. The lowest BCUT2D eigenvalue weighted by atomic mass is 10.3. The molecular formula is C12H28N2O. The molecule has 0 rings (SSSR count). The van der Waals surface area contributed by atoms with Crippen LogP contribution in [0.1, 0.15) is 34.1 Å². The van der Waals surface area contributed by atoms with Gasteiger partial charge in [0.25, 0.3) is 0 Å². The summed E-state index contributed by atoms with van der Waals surface area (Å²) in [6, 6.07) is 0. The second kappa shape index (κ2) is 10.4. The number of nitrogens with zero attached hydrogens (tertiary/aromatic N) is 1.